The number of anilines is 1. The molecule has 15 heavy (non-hydrogen) atoms. The molecule has 0 spiro atoms. The van der Waals surface area contributed by atoms with E-state index < -0.39 is 0 Å². The molecule has 1 aliphatic rings. The molecular weight excluding hydrogens is 192 g/mol. The van der Waals surface area contributed by atoms with Crippen molar-refractivity contribution < 1.29 is 4.74 Å². The second-order valence-electron chi connectivity index (χ2n) is 3.57. The predicted molar refractivity (Wildman–Crippen MR) is 56.9 cm³/mol. The van der Waals surface area contributed by atoms with Crippen molar-refractivity contribution in [1.82, 2.24) is 15.2 Å². The maximum atomic E-state index is 5.33. The molecule has 0 atom stereocenters. The molecule has 78 valence electrons. The maximum absolute atomic E-state index is 5.33. The fourth-order valence-corrected chi connectivity index (χ4v) is 1.92. The second-order valence-corrected chi connectivity index (χ2v) is 3.57. The van der Waals surface area contributed by atoms with Crippen LogP contribution in [0.25, 0.3) is 11.0 Å². The summed E-state index contributed by atoms with van der Waals surface area (Å²) in [7, 11) is 0. The quantitative estimate of drug-likeness (QED) is 0.746. The molecule has 0 aromatic carbocycles. The molecule has 3 rings (SSSR count). The highest BCUT2D eigenvalue weighted by atomic mass is 16.5. The number of H-pyrrole nitrogens is 1. The molecule has 5 nitrogen and oxygen atoms in total. The molecule has 1 fully saturated rings. The number of aromatic amines is 1. The van der Waals surface area contributed by atoms with Crippen molar-refractivity contribution in [2.45, 2.75) is 0 Å². The molecule has 2 aromatic heterocycles. The zero-order chi connectivity index (χ0) is 10.1. The van der Waals surface area contributed by atoms with Gasteiger partial charge in [0.15, 0.2) is 5.65 Å². The van der Waals surface area contributed by atoms with Crippen LogP contribution in [-0.4, -0.2) is 41.5 Å². The van der Waals surface area contributed by atoms with Crippen molar-refractivity contribution in [3.8, 4) is 0 Å². The van der Waals surface area contributed by atoms with Crippen molar-refractivity contribution in [3.05, 3.63) is 18.5 Å². The van der Waals surface area contributed by atoms with E-state index in [0.29, 0.717) is 0 Å². The molecule has 0 bridgehead atoms. The predicted octanol–water partition coefficient (Wildman–Crippen LogP) is 0.794. The molecular formula is C10H12N4O. The summed E-state index contributed by atoms with van der Waals surface area (Å²) in [5, 5.41) is 9.16. The lowest BCUT2D eigenvalue weighted by atomic mass is 10.2. The Morgan fingerprint density at radius 1 is 1.33 bits per heavy atom. The van der Waals surface area contributed by atoms with Crippen molar-refractivity contribution in [2.24, 2.45) is 0 Å². The highest BCUT2D eigenvalue weighted by Crippen LogP contribution is 2.23. The minimum atomic E-state index is 0.786. The van der Waals surface area contributed by atoms with E-state index in [-0.39, 0.29) is 0 Å². The van der Waals surface area contributed by atoms with Gasteiger partial charge in [0, 0.05) is 24.7 Å². The van der Waals surface area contributed by atoms with Crippen LogP contribution in [0.2, 0.25) is 0 Å². The summed E-state index contributed by atoms with van der Waals surface area (Å²) < 4.78 is 5.33. The van der Waals surface area contributed by atoms with Gasteiger partial charge in [0.05, 0.1) is 25.1 Å². The van der Waals surface area contributed by atoms with Gasteiger partial charge in [0.2, 0.25) is 0 Å². The third kappa shape index (κ3) is 1.45. The van der Waals surface area contributed by atoms with Gasteiger partial charge in [-0.3, -0.25) is 0 Å². The molecule has 0 saturated carbocycles. The van der Waals surface area contributed by atoms with Crippen LogP contribution < -0.4 is 4.90 Å². The lowest BCUT2D eigenvalue weighted by Crippen LogP contribution is -2.36. The molecule has 0 radical (unpaired) electrons. The highest BCUT2D eigenvalue weighted by Gasteiger charge is 2.14. The van der Waals surface area contributed by atoms with Crippen LogP contribution in [-0.2, 0) is 4.74 Å². The van der Waals surface area contributed by atoms with Gasteiger partial charge in [-0.25, -0.2) is 0 Å². The zero-order valence-corrected chi connectivity index (χ0v) is 8.31. The van der Waals surface area contributed by atoms with Crippen LogP contribution in [0.15, 0.2) is 18.5 Å². The van der Waals surface area contributed by atoms with Gasteiger partial charge in [-0.2, -0.15) is 5.10 Å². The highest BCUT2D eigenvalue weighted by molar-refractivity contribution is 5.88. The standard InChI is InChI=1S/C10H12N4O/c1-2-11-10-8(1)9(7-12-13-10)14-3-5-15-6-4-14/h1-2,7H,3-6H2,(H,11,13). The fraction of sp³-hybridized carbons (Fsp3) is 0.400. The Morgan fingerprint density at radius 3 is 3.07 bits per heavy atom. The summed E-state index contributed by atoms with van der Waals surface area (Å²) in [4.78, 5) is 5.35. The average Bonchev–Trinajstić information content (AvgIpc) is 2.78. The van der Waals surface area contributed by atoms with Gasteiger partial charge in [0.1, 0.15) is 0 Å². The summed E-state index contributed by atoms with van der Waals surface area (Å²) >= 11 is 0. The Balaban J connectivity index is 2.05. The van der Waals surface area contributed by atoms with Crippen molar-refractivity contribution in [3.63, 3.8) is 0 Å². The van der Waals surface area contributed by atoms with Crippen LogP contribution >= 0.6 is 0 Å². The van der Waals surface area contributed by atoms with Gasteiger partial charge >= 0.3 is 0 Å². The number of nitrogens with one attached hydrogen (secondary N) is 1. The van der Waals surface area contributed by atoms with E-state index in [9.17, 15) is 0 Å². The Hall–Kier alpha value is -1.62. The molecule has 2 aromatic rings. The molecule has 1 aliphatic heterocycles. The summed E-state index contributed by atoms with van der Waals surface area (Å²) in [6.45, 7) is 3.42. The maximum Gasteiger partial charge on any atom is 0.162 e. The topological polar surface area (TPSA) is 54.0 Å². The molecule has 0 aliphatic carbocycles. The molecule has 0 amide bonds. The van der Waals surface area contributed by atoms with Gasteiger partial charge in [-0.05, 0) is 6.07 Å². The summed E-state index contributed by atoms with van der Waals surface area (Å²) in [6.07, 6.45) is 3.71. The minimum Gasteiger partial charge on any atom is -0.378 e. The van der Waals surface area contributed by atoms with Gasteiger partial charge in [0.25, 0.3) is 0 Å². The number of hydrogen-bond acceptors (Lipinski definition) is 4. The van der Waals surface area contributed by atoms with Crippen LogP contribution in [0.5, 0.6) is 0 Å². The van der Waals surface area contributed by atoms with E-state index in [4.69, 9.17) is 4.74 Å². The van der Waals surface area contributed by atoms with Crippen LogP contribution in [0.1, 0.15) is 0 Å². The Labute approximate surface area is 87.1 Å². The number of aromatic nitrogens is 3. The monoisotopic (exact) mass is 204 g/mol. The number of ether oxygens (including phenoxy) is 1. The SMILES string of the molecule is c1cc2c(N3CCOCC3)cnnc2[nH]1. The second kappa shape index (κ2) is 3.51. The van der Waals surface area contributed by atoms with Crippen molar-refractivity contribution >= 4 is 16.7 Å². The van der Waals surface area contributed by atoms with E-state index in [1.165, 1.54) is 0 Å². The van der Waals surface area contributed by atoms with Gasteiger partial charge in [-0.1, -0.05) is 0 Å². The van der Waals surface area contributed by atoms with Crippen molar-refractivity contribution in [1.29, 1.82) is 0 Å². The smallest absolute Gasteiger partial charge is 0.162 e. The van der Waals surface area contributed by atoms with E-state index in [0.717, 1.165) is 43.0 Å². The molecule has 3 heterocycles. The van der Waals surface area contributed by atoms with E-state index in [1.807, 2.05) is 18.5 Å². The molecule has 1 saturated heterocycles. The first-order valence-electron chi connectivity index (χ1n) is 5.06. The van der Waals surface area contributed by atoms with E-state index in [1.54, 1.807) is 0 Å². The molecule has 5 heteroatoms. The third-order valence-corrected chi connectivity index (χ3v) is 2.69. The fourth-order valence-electron chi connectivity index (χ4n) is 1.92. The summed E-state index contributed by atoms with van der Waals surface area (Å²) in [6, 6.07) is 2.04. The number of hydrogen-bond donors (Lipinski definition) is 1. The van der Waals surface area contributed by atoms with Crippen LogP contribution in [0, 0.1) is 0 Å². The lowest BCUT2D eigenvalue weighted by molar-refractivity contribution is 0.123. The largest absolute Gasteiger partial charge is 0.378 e. The first kappa shape index (κ1) is 8.67. The normalized spacial score (nSPS) is 17.2. The number of rotatable bonds is 1. The number of nitrogens with zero attached hydrogens (tertiary/aromatic N) is 3. The Kier molecular flexibility index (Phi) is 2.03. The van der Waals surface area contributed by atoms with Gasteiger partial charge in [-0.15, -0.1) is 5.10 Å². The van der Waals surface area contributed by atoms with E-state index >= 15 is 0 Å². The van der Waals surface area contributed by atoms with E-state index in [2.05, 4.69) is 20.1 Å². The van der Waals surface area contributed by atoms with Crippen molar-refractivity contribution in [2.75, 3.05) is 31.2 Å². The molecule has 0 unspecified atom stereocenters. The number of morpholine rings is 1. The Morgan fingerprint density at radius 2 is 2.20 bits per heavy atom. The molecule has 1 N–H and O–H groups in total. The van der Waals surface area contributed by atoms with Crippen LogP contribution in [0.3, 0.4) is 0 Å². The lowest BCUT2D eigenvalue weighted by Gasteiger charge is -2.28. The third-order valence-electron chi connectivity index (χ3n) is 2.69. The average molecular weight is 204 g/mol. The zero-order valence-electron chi connectivity index (χ0n) is 8.31. The summed E-state index contributed by atoms with van der Waals surface area (Å²) in [5.41, 5.74) is 1.99. The summed E-state index contributed by atoms with van der Waals surface area (Å²) in [5.74, 6) is 0. The first-order chi connectivity index (χ1) is 7.45. The first-order valence-corrected chi connectivity index (χ1v) is 5.06. The van der Waals surface area contributed by atoms with Crippen LogP contribution in [0.4, 0.5) is 5.69 Å². The van der Waals surface area contributed by atoms with Gasteiger partial charge < -0.3 is 14.6 Å². The minimum absolute atomic E-state index is 0.786. The Bertz CT molecular complexity index is 461. The number of fused-ring (bicyclic) bond motifs is 1.